The van der Waals surface area contributed by atoms with Crippen molar-refractivity contribution in [2.45, 2.75) is 70.9 Å². The van der Waals surface area contributed by atoms with Gasteiger partial charge in [0, 0.05) is 19.3 Å². The number of nitrogens with two attached hydrogens (primary N) is 1. The molecule has 0 heterocycles. The summed E-state index contributed by atoms with van der Waals surface area (Å²) in [4.78, 5) is 11.3. The van der Waals surface area contributed by atoms with Gasteiger partial charge in [0.25, 0.3) is 0 Å². The number of carbonyl (C=O) groups excluding carboxylic acids is 1. The Kier molecular flexibility index (Phi) is 8.07. The van der Waals surface area contributed by atoms with E-state index in [1.54, 1.807) is 0 Å². The predicted octanol–water partition coefficient (Wildman–Crippen LogP) is 2.22. The van der Waals surface area contributed by atoms with Crippen molar-refractivity contribution in [3.63, 3.8) is 0 Å². The van der Waals surface area contributed by atoms with Crippen molar-refractivity contribution in [2.24, 2.45) is 11.7 Å². The topological polar surface area (TPSA) is 64.3 Å². The molecule has 0 aromatic carbocycles. The van der Waals surface area contributed by atoms with Crippen LogP contribution in [0.1, 0.15) is 58.8 Å². The van der Waals surface area contributed by atoms with E-state index in [0.29, 0.717) is 18.9 Å². The highest BCUT2D eigenvalue weighted by atomic mass is 16.5. The minimum atomic E-state index is -0.285. The summed E-state index contributed by atoms with van der Waals surface area (Å²) in [5.74, 6) is 0.430. The summed E-state index contributed by atoms with van der Waals surface area (Å²) in [6, 6.07) is -0.00603. The van der Waals surface area contributed by atoms with Gasteiger partial charge in [-0.2, -0.15) is 0 Å². The average molecular weight is 270 g/mol. The Hall–Kier alpha value is -0.610. The molecule has 1 atom stereocenters. The van der Waals surface area contributed by atoms with Crippen LogP contribution in [-0.4, -0.2) is 31.2 Å². The maximum atomic E-state index is 11.3. The number of carbonyl (C=O) groups is 1. The molecule has 3 N–H and O–H groups in total. The van der Waals surface area contributed by atoms with E-state index < -0.39 is 0 Å². The number of nitrogens with one attached hydrogen (secondary N) is 1. The Balaban J connectivity index is 2.15. The molecule has 0 aromatic rings. The van der Waals surface area contributed by atoms with Gasteiger partial charge in [-0.3, -0.25) is 4.79 Å². The van der Waals surface area contributed by atoms with Gasteiger partial charge >= 0.3 is 0 Å². The fourth-order valence-corrected chi connectivity index (χ4v) is 2.69. The second kappa shape index (κ2) is 9.32. The Bertz CT molecular complexity index is 249. The summed E-state index contributed by atoms with van der Waals surface area (Å²) < 4.78 is 5.74. The van der Waals surface area contributed by atoms with Crippen LogP contribution < -0.4 is 11.1 Å². The second-order valence-corrected chi connectivity index (χ2v) is 6.00. The molecule has 1 amide bonds. The molecule has 1 rings (SSSR count). The Morgan fingerprint density at radius 2 is 1.89 bits per heavy atom. The molecule has 0 aromatic heterocycles. The van der Waals surface area contributed by atoms with E-state index in [2.05, 4.69) is 5.32 Å². The Labute approximate surface area is 117 Å². The summed E-state index contributed by atoms with van der Waals surface area (Å²) in [5, 5.41) is 3.17. The van der Waals surface area contributed by atoms with E-state index in [1.165, 1.54) is 38.5 Å². The van der Waals surface area contributed by atoms with Crippen LogP contribution in [0.5, 0.6) is 0 Å². The molecule has 4 heteroatoms. The highest BCUT2D eigenvalue weighted by molar-refractivity contribution is 5.79. The Morgan fingerprint density at radius 1 is 1.26 bits per heavy atom. The molecule has 1 aliphatic rings. The number of hydrogen-bond donors (Lipinski definition) is 2. The third-order valence-electron chi connectivity index (χ3n) is 3.76. The minimum Gasteiger partial charge on any atom is -0.381 e. The Morgan fingerprint density at radius 3 is 2.42 bits per heavy atom. The van der Waals surface area contributed by atoms with Gasteiger partial charge < -0.3 is 15.8 Å². The summed E-state index contributed by atoms with van der Waals surface area (Å²) >= 11 is 0. The normalized spacial score (nSPS) is 19.3. The van der Waals surface area contributed by atoms with Crippen molar-refractivity contribution >= 4 is 5.91 Å². The zero-order valence-corrected chi connectivity index (χ0v) is 12.5. The lowest BCUT2D eigenvalue weighted by Crippen LogP contribution is -2.45. The van der Waals surface area contributed by atoms with Crippen LogP contribution >= 0.6 is 0 Å². The molecule has 0 aliphatic heterocycles. The van der Waals surface area contributed by atoms with Crippen molar-refractivity contribution in [3.05, 3.63) is 0 Å². The first-order valence-electron chi connectivity index (χ1n) is 7.72. The van der Waals surface area contributed by atoms with Gasteiger partial charge in [0.1, 0.15) is 0 Å². The first kappa shape index (κ1) is 16.4. The largest absolute Gasteiger partial charge is 0.381 e. The highest BCUT2D eigenvalue weighted by Gasteiger charge is 2.16. The second-order valence-electron chi connectivity index (χ2n) is 6.00. The number of amides is 1. The zero-order chi connectivity index (χ0) is 14.1. The monoisotopic (exact) mass is 270 g/mol. The summed E-state index contributed by atoms with van der Waals surface area (Å²) in [7, 11) is 0. The third-order valence-corrected chi connectivity index (χ3v) is 3.76. The molecule has 1 fully saturated rings. The van der Waals surface area contributed by atoms with Gasteiger partial charge in [-0.25, -0.2) is 0 Å². The van der Waals surface area contributed by atoms with Crippen LogP contribution in [-0.2, 0) is 9.53 Å². The lowest BCUT2D eigenvalue weighted by Gasteiger charge is -2.19. The summed E-state index contributed by atoms with van der Waals surface area (Å²) in [6.07, 6.45) is 8.68. The maximum Gasteiger partial charge on any atom is 0.234 e. The number of hydrogen-bond acceptors (Lipinski definition) is 3. The van der Waals surface area contributed by atoms with Gasteiger partial charge in [-0.05, 0) is 25.2 Å². The van der Waals surface area contributed by atoms with Crippen molar-refractivity contribution in [3.8, 4) is 0 Å². The number of primary amides is 1. The molecule has 4 nitrogen and oxygen atoms in total. The fourth-order valence-electron chi connectivity index (χ4n) is 2.69. The average Bonchev–Trinajstić information content (AvgIpc) is 2.61. The molecule has 1 aliphatic carbocycles. The molecule has 1 unspecified atom stereocenters. The van der Waals surface area contributed by atoms with Crippen LogP contribution in [0.25, 0.3) is 0 Å². The zero-order valence-electron chi connectivity index (χ0n) is 12.5. The first-order valence-corrected chi connectivity index (χ1v) is 7.72. The predicted molar refractivity (Wildman–Crippen MR) is 77.9 cm³/mol. The van der Waals surface area contributed by atoms with Crippen LogP contribution in [0.3, 0.4) is 0 Å². The molecular formula is C15H30N2O2. The quantitative estimate of drug-likeness (QED) is 0.525. The van der Waals surface area contributed by atoms with E-state index in [9.17, 15) is 4.79 Å². The number of ether oxygens (including phenoxy) is 1. The van der Waals surface area contributed by atoms with Crippen molar-refractivity contribution in [1.29, 1.82) is 0 Å². The minimum absolute atomic E-state index is 0.263. The van der Waals surface area contributed by atoms with E-state index in [1.807, 2.05) is 13.8 Å². The van der Waals surface area contributed by atoms with E-state index >= 15 is 0 Å². The van der Waals surface area contributed by atoms with Crippen LogP contribution in [0, 0.1) is 5.92 Å². The van der Waals surface area contributed by atoms with Crippen LogP contribution in [0.4, 0.5) is 0 Å². The van der Waals surface area contributed by atoms with Gasteiger partial charge in [0.2, 0.25) is 5.91 Å². The molecule has 0 spiro atoms. The molecular weight excluding hydrogens is 240 g/mol. The summed E-state index contributed by atoms with van der Waals surface area (Å²) in [5.41, 5.74) is 5.37. The molecule has 112 valence electrons. The van der Waals surface area contributed by atoms with Crippen LogP contribution in [0.2, 0.25) is 0 Å². The van der Waals surface area contributed by atoms with Gasteiger partial charge in [0.15, 0.2) is 0 Å². The van der Waals surface area contributed by atoms with E-state index in [-0.39, 0.29) is 18.0 Å². The standard InChI is InChI=1S/C15H30N2O2/c1-12(2)17-14(15(16)18)9-10-19-11-13-7-5-3-4-6-8-13/h12-14,17H,3-11H2,1-2H3,(H2,16,18). The third kappa shape index (κ3) is 7.53. The van der Waals surface area contributed by atoms with E-state index in [4.69, 9.17) is 10.5 Å². The highest BCUT2D eigenvalue weighted by Crippen LogP contribution is 2.22. The van der Waals surface area contributed by atoms with E-state index in [0.717, 1.165) is 6.61 Å². The molecule has 0 saturated heterocycles. The van der Waals surface area contributed by atoms with Gasteiger partial charge in [0.05, 0.1) is 6.04 Å². The van der Waals surface area contributed by atoms with Crippen molar-refractivity contribution in [1.82, 2.24) is 5.32 Å². The van der Waals surface area contributed by atoms with Crippen LogP contribution in [0.15, 0.2) is 0 Å². The SMILES string of the molecule is CC(C)NC(CCOCC1CCCCCC1)C(N)=O. The van der Waals surface area contributed by atoms with Crippen molar-refractivity contribution < 1.29 is 9.53 Å². The first-order chi connectivity index (χ1) is 9.09. The van der Waals surface area contributed by atoms with Gasteiger partial charge in [-0.15, -0.1) is 0 Å². The number of rotatable bonds is 8. The molecule has 0 radical (unpaired) electrons. The molecule has 1 saturated carbocycles. The van der Waals surface area contributed by atoms with Crippen molar-refractivity contribution in [2.75, 3.05) is 13.2 Å². The summed E-state index contributed by atoms with van der Waals surface area (Å²) in [6.45, 7) is 5.49. The fraction of sp³-hybridized carbons (Fsp3) is 0.933. The maximum absolute atomic E-state index is 11.3. The smallest absolute Gasteiger partial charge is 0.234 e. The molecule has 0 bridgehead atoms. The lowest BCUT2D eigenvalue weighted by atomic mass is 10.0. The lowest BCUT2D eigenvalue weighted by molar-refractivity contribution is -0.120. The van der Waals surface area contributed by atoms with Gasteiger partial charge in [-0.1, -0.05) is 39.5 Å². The molecule has 19 heavy (non-hydrogen) atoms.